The van der Waals surface area contributed by atoms with Crippen molar-refractivity contribution in [2.45, 2.75) is 51.1 Å². The Labute approximate surface area is 113 Å². The van der Waals surface area contributed by atoms with E-state index in [1.54, 1.807) is 0 Å². The van der Waals surface area contributed by atoms with Crippen LogP contribution in [0.1, 0.15) is 39.0 Å². The van der Waals surface area contributed by atoms with Gasteiger partial charge in [0, 0.05) is 18.6 Å². The van der Waals surface area contributed by atoms with E-state index >= 15 is 0 Å². The van der Waals surface area contributed by atoms with Gasteiger partial charge in [-0.1, -0.05) is 6.92 Å². The van der Waals surface area contributed by atoms with E-state index in [1.807, 2.05) is 4.90 Å². The molecule has 106 valence electrons. The summed E-state index contributed by atoms with van der Waals surface area (Å²) < 4.78 is 0. The van der Waals surface area contributed by atoms with Gasteiger partial charge in [-0.2, -0.15) is 0 Å². The Bertz CT molecular complexity index is 403. The number of carboxylic acids is 1. The highest BCUT2D eigenvalue weighted by Crippen LogP contribution is 2.45. The topological polar surface area (TPSA) is 69.6 Å². The predicted octanol–water partition coefficient (Wildman–Crippen LogP) is 0.840. The fourth-order valence-electron chi connectivity index (χ4n) is 4.22. The van der Waals surface area contributed by atoms with Crippen LogP contribution < -0.4 is 5.32 Å². The zero-order valence-electron chi connectivity index (χ0n) is 11.4. The Balaban J connectivity index is 1.83. The maximum Gasteiger partial charge on any atom is 0.308 e. The molecular formula is C14H22N2O3. The zero-order chi connectivity index (χ0) is 13.6. The van der Waals surface area contributed by atoms with Crippen molar-refractivity contribution in [2.75, 3.05) is 13.1 Å². The molecule has 0 aliphatic carbocycles. The first-order valence-corrected chi connectivity index (χ1v) is 7.35. The summed E-state index contributed by atoms with van der Waals surface area (Å²) in [7, 11) is 0. The van der Waals surface area contributed by atoms with Crippen LogP contribution in [0.15, 0.2) is 0 Å². The Morgan fingerprint density at radius 1 is 1.42 bits per heavy atom. The SMILES string of the molecule is CCC1(C(=O)N2C3CCC2C(C(=O)O)C3)CCNC1. The first-order valence-electron chi connectivity index (χ1n) is 7.35. The highest BCUT2D eigenvalue weighted by atomic mass is 16.4. The summed E-state index contributed by atoms with van der Waals surface area (Å²) in [6.45, 7) is 3.71. The van der Waals surface area contributed by atoms with Crippen molar-refractivity contribution in [1.82, 2.24) is 10.2 Å². The van der Waals surface area contributed by atoms with Gasteiger partial charge in [-0.15, -0.1) is 0 Å². The van der Waals surface area contributed by atoms with Gasteiger partial charge in [-0.05, 0) is 38.6 Å². The molecule has 0 aromatic rings. The molecule has 0 aromatic carbocycles. The van der Waals surface area contributed by atoms with Gasteiger partial charge in [0.25, 0.3) is 0 Å². The van der Waals surface area contributed by atoms with E-state index < -0.39 is 5.97 Å². The van der Waals surface area contributed by atoms with Crippen molar-refractivity contribution in [1.29, 1.82) is 0 Å². The van der Waals surface area contributed by atoms with Gasteiger partial charge < -0.3 is 15.3 Å². The van der Waals surface area contributed by atoms with Crippen LogP contribution >= 0.6 is 0 Å². The molecule has 19 heavy (non-hydrogen) atoms. The van der Waals surface area contributed by atoms with Crippen LogP contribution in [0, 0.1) is 11.3 Å². The van der Waals surface area contributed by atoms with Crippen LogP contribution in [-0.4, -0.2) is 47.1 Å². The predicted molar refractivity (Wildman–Crippen MR) is 69.6 cm³/mol. The average Bonchev–Trinajstić information content (AvgIpc) is 3.12. The fraction of sp³-hybridized carbons (Fsp3) is 0.857. The third-order valence-electron chi connectivity index (χ3n) is 5.46. The number of hydrogen-bond acceptors (Lipinski definition) is 3. The number of hydrogen-bond donors (Lipinski definition) is 2. The summed E-state index contributed by atoms with van der Waals surface area (Å²) in [6.07, 6.45) is 4.22. The van der Waals surface area contributed by atoms with Crippen LogP contribution in [-0.2, 0) is 9.59 Å². The van der Waals surface area contributed by atoms with Gasteiger partial charge in [0.15, 0.2) is 0 Å². The summed E-state index contributed by atoms with van der Waals surface area (Å²) in [5.41, 5.74) is -0.283. The molecule has 0 aromatic heterocycles. The number of amides is 1. The maximum atomic E-state index is 12.9. The lowest BCUT2D eigenvalue weighted by Gasteiger charge is -2.34. The number of carbonyl (C=O) groups excluding carboxylic acids is 1. The number of carbonyl (C=O) groups is 2. The summed E-state index contributed by atoms with van der Waals surface area (Å²) >= 11 is 0. The highest BCUT2D eigenvalue weighted by molar-refractivity contribution is 5.86. The minimum Gasteiger partial charge on any atom is -0.481 e. The van der Waals surface area contributed by atoms with Crippen molar-refractivity contribution in [3.8, 4) is 0 Å². The van der Waals surface area contributed by atoms with Crippen molar-refractivity contribution in [3.05, 3.63) is 0 Å². The lowest BCUT2D eigenvalue weighted by atomic mass is 9.82. The van der Waals surface area contributed by atoms with E-state index in [4.69, 9.17) is 0 Å². The van der Waals surface area contributed by atoms with E-state index in [0.717, 1.165) is 38.8 Å². The van der Waals surface area contributed by atoms with Gasteiger partial charge in [-0.25, -0.2) is 0 Å². The quantitative estimate of drug-likeness (QED) is 0.794. The molecule has 5 nitrogen and oxygen atoms in total. The molecule has 2 N–H and O–H groups in total. The second-order valence-corrected chi connectivity index (χ2v) is 6.25. The van der Waals surface area contributed by atoms with Gasteiger partial charge in [-0.3, -0.25) is 9.59 Å². The molecule has 5 heteroatoms. The summed E-state index contributed by atoms with van der Waals surface area (Å²) in [5.74, 6) is -0.873. The number of fused-ring (bicyclic) bond motifs is 2. The second kappa shape index (κ2) is 4.47. The standard InChI is InChI=1S/C14H22N2O3/c1-2-14(5-6-15-8-14)13(19)16-9-3-4-11(16)10(7-9)12(17)18/h9-11,15H,2-8H2,1H3,(H,17,18). The first kappa shape index (κ1) is 12.9. The Morgan fingerprint density at radius 2 is 2.21 bits per heavy atom. The van der Waals surface area contributed by atoms with Gasteiger partial charge in [0.1, 0.15) is 0 Å². The number of aliphatic carboxylic acids is 1. The minimum absolute atomic E-state index is 0.0565. The highest BCUT2D eigenvalue weighted by Gasteiger charge is 2.55. The first-order chi connectivity index (χ1) is 9.09. The monoisotopic (exact) mass is 266 g/mol. The second-order valence-electron chi connectivity index (χ2n) is 6.25. The molecule has 0 radical (unpaired) electrons. The van der Waals surface area contributed by atoms with Crippen LogP contribution in [0.5, 0.6) is 0 Å². The van der Waals surface area contributed by atoms with E-state index in [1.165, 1.54) is 0 Å². The van der Waals surface area contributed by atoms with Gasteiger partial charge in [0.2, 0.25) is 5.91 Å². The Hall–Kier alpha value is -1.10. The molecule has 3 saturated heterocycles. The Morgan fingerprint density at radius 3 is 2.74 bits per heavy atom. The zero-order valence-corrected chi connectivity index (χ0v) is 11.4. The lowest BCUT2D eigenvalue weighted by Crippen LogP contribution is -2.48. The molecule has 4 unspecified atom stereocenters. The fourth-order valence-corrected chi connectivity index (χ4v) is 4.22. The van der Waals surface area contributed by atoms with Crippen LogP contribution in [0.4, 0.5) is 0 Å². The summed E-state index contributed by atoms with van der Waals surface area (Å²) in [5, 5.41) is 12.6. The molecule has 0 saturated carbocycles. The van der Waals surface area contributed by atoms with Crippen molar-refractivity contribution < 1.29 is 14.7 Å². The van der Waals surface area contributed by atoms with Crippen molar-refractivity contribution >= 4 is 11.9 Å². The van der Waals surface area contributed by atoms with E-state index in [0.29, 0.717) is 6.42 Å². The molecule has 3 rings (SSSR count). The molecule has 1 amide bonds. The average molecular weight is 266 g/mol. The smallest absolute Gasteiger partial charge is 0.308 e. The molecule has 3 heterocycles. The Kier molecular flexibility index (Phi) is 3.04. The van der Waals surface area contributed by atoms with E-state index in [2.05, 4.69) is 12.2 Å². The third-order valence-corrected chi connectivity index (χ3v) is 5.46. The molecule has 3 aliphatic rings. The molecule has 0 spiro atoms. The molecule has 2 bridgehead atoms. The van der Waals surface area contributed by atoms with Crippen molar-refractivity contribution in [3.63, 3.8) is 0 Å². The minimum atomic E-state index is -0.736. The number of nitrogens with one attached hydrogen (secondary N) is 1. The van der Waals surface area contributed by atoms with Gasteiger partial charge in [0.05, 0.1) is 11.3 Å². The third kappa shape index (κ3) is 1.78. The molecule has 3 fully saturated rings. The normalized spacial score (nSPS) is 40.9. The van der Waals surface area contributed by atoms with Crippen molar-refractivity contribution in [2.24, 2.45) is 11.3 Å². The summed E-state index contributed by atoms with van der Waals surface area (Å²) in [4.78, 5) is 26.1. The molecule has 4 atom stereocenters. The lowest BCUT2D eigenvalue weighted by molar-refractivity contribution is -0.145. The summed E-state index contributed by atoms with van der Waals surface area (Å²) in [6, 6.07) is 0.113. The number of rotatable bonds is 3. The van der Waals surface area contributed by atoms with Crippen LogP contribution in [0.25, 0.3) is 0 Å². The largest absolute Gasteiger partial charge is 0.481 e. The molecule has 3 aliphatic heterocycles. The molecular weight excluding hydrogens is 244 g/mol. The van der Waals surface area contributed by atoms with Crippen LogP contribution in [0.2, 0.25) is 0 Å². The maximum absolute atomic E-state index is 12.9. The number of carboxylic acid groups (broad SMARTS) is 1. The van der Waals surface area contributed by atoms with Crippen LogP contribution in [0.3, 0.4) is 0 Å². The van der Waals surface area contributed by atoms with Gasteiger partial charge >= 0.3 is 5.97 Å². The van der Waals surface area contributed by atoms with E-state index in [-0.39, 0.29) is 29.3 Å². The number of nitrogens with zero attached hydrogens (tertiary/aromatic N) is 1. The van der Waals surface area contributed by atoms with E-state index in [9.17, 15) is 14.7 Å².